The molecule has 0 aliphatic rings. The number of thiophene rings is 1. The van der Waals surface area contributed by atoms with Gasteiger partial charge in [0, 0.05) is 9.35 Å². The predicted molar refractivity (Wildman–Crippen MR) is 76.6 cm³/mol. The van der Waals surface area contributed by atoms with Crippen LogP contribution in [0.2, 0.25) is 0 Å². The van der Waals surface area contributed by atoms with E-state index in [9.17, 15) is 0 Å². The second-order valence-corrected chi connectivity index (χ2v) is 6.32. The van der Waals surface area contributed by atoms with Crippen LogP contribution in [0.25, 0.3) is 21.7 Å². The number of H-pyrrole nitrogens is 1. The maximum absolute atomic E-state index is 4.67. The Morgan fingerprint density at radius 3 is 2.76 bits per heavy atom. The molecule has 2 heterocycles. The molecule has 2 nitrogen and oxygen atoms in total. The molecular formula is C13H11BrN2S. The Morgan fingerprint density at radius 2 is 2.06 bits per heavy atom. The number of benzene rings is 1. The van der Waals surface area contributed by atoms with Crippen LogP contribution in [0.15, 0.2) is 28.7 Å². The third-order valence-corrected chi connectivity index (χ3v) is 4.18. The van der Waals surface area contributed by atoms with E-state index in [0.29, 0.717) is 0 Å². The van der Waals surface area contributed by atoms with E-state index >= 15 is 0 Å². The highest BCUT2D eigenvalue weighted by Gasteiger charge is 2.09. The minimum absolute atomic E-state index is 0.958. The zero-order valence-electron chi connectivity index (χ0n) is 9.54. The lowest BCUT2D eigenvalue weighted by Gasteiger charge is -1.94. The van der Waals surface area contributed by atoms with Crippen LogP contribution in [-0.2, 0) is 0 Å². The number of fused-ring (bicyclic) bond motifs is 1. The van der Waals surface area contributed by atoms with Crippen molar-refractivity contribution in [2.75, 3.05) is 0 Å². The topological polar surface area (TPSA) is 28.7 Å². The third kappa shape index (κ3) is 1.91. The highest BCUT2D eigenvalue weighted by atomic mass is 79.9. The van der Waals surface area contributed by atoms with Crippen molar-refractivity contribution < 1.29 is 0 Å². The highest BCUT2D eigenvalue weighted by Crippen LogP contribution is 2.29. The van der Waals surface area contributed by atoms with Crippen LogP contribution in [0, 0.1) is 13.8 Å². The van der Waals surface area contributed by atoms with Gasteiger partial charge in [-0.2, -0.15) is 0 Å². The molecule has 0 unspecified atom stereocenters. The van der Waals surface area contributed by atoms with Gasteiger partial charge in [-0.1, -0.05) is 15.9 Å². The maximum atomic E-state index is 4.67. The van der Waals surface area contributed by atoms with Crippen LogP contribution in [0.4, 0.5) is 0 Å². The molecular weight excluding hydrogens is 296 g/mol. The van der Waals surface area contributed by atoms with Crippen molar-refractivity contribution >= 4 is 38.3 Å². The van der Waals surface area contributed by atoms with Gasteiger partial charge in [0.15, 0.2) is 0 Å². The Hall–Kier alpha value is -1.13. The van der Waals surface area contributed by atoms with Gasteiger partial charge < -0.3 is 4.98 Å². The van der Waals surface area contributed by atoms with Gasteiger partial charge in [0.1, 0.15) is 5.82 Å². The first-order valence-corrected chi connectivity index (χ1v) is 6.97. The Morgan fingerprint density at radius 1 is 1.24 bits per heavy atom. The Kier molecular flexibility index (Phi) is 2.56. The van der Waals surface area contributed by atoms with Gasteiger partial charge in [-0.3, -0.25) is 0 Å². The molecule has 0 saturated carbocycles. The number of imidazole rings is 1. The molecule has 3 rings (SSSR count). The number of aryl methyl sites for hydroxylation is 2. The molecule has 0 amide bonds. The van der Waals surface area contributed by atoms with E-state index in [4.69, 9.17) is 0 Å². The van der Waals surface area contributed by atoms with E-state index in [-0.39, 0.29) is 0 Å². The van der Waals surface area contributed by atoms with E-state index in [1.54, 1.807) is 11.3 Å². The monoisotopic (exact) mass is 306 g/mol. The maximum Gasteiger partial charge on any atom is 0.148 e. The smallest absolute Gasteiger partial charge is 0.148 e. The molecule has 86 valence electrons. The highest BCUT2D eigenvalue weighted by molar-refractivity contribution is 9.10. The summed E-state index contributed by atoms with van der Waals surface area (Å²) in [7, 11) is 0. The zero-order chi connectivity index (χ0) is 12.0. The summed E-state index contributed by atoms with van der Waals surface area (Å²) in [5.74, 6) is 0.958. The molecule has 0 fully saturated rings. The largest absolute Gasteiger partial charge is 0.337 e. The van der Waals surface area contributed by atoms with Crippen molar-refractivity contribution in [3.63, 3.8) is 0 Å². The summed E-state index contributed by atoms with van der Waals surface area (Å²) >= 11 is 5.27. The molecule has 0 aliphatic carbocycles. The van der Waals surface area contributed by atoms with E-state index in [1.807, 2.05) is 0 Å². The van der Waals surface area contributed by atoms with Crippen molar-refractivity contribution in [2.45, 2.75) is 13.8 Å². The summed E-state index contributed by atoms with van der Waals surface area (Å²) in [6, 6.07) is 8.39. The minimum atomic E-state index is 0.958. The molecule has 0 radical (unpaired) electrons. The molecule has 17 heavy (non-hydrogen) atoms. The summed E-state index contributed by atoms with van der Waals surface area (Å²) in [6.07, 6.45) is 0. The van der Waals surface area contributed by atoms with E-state index in [0.717, 1.165) is 21.3 Å². The normalized spacial score (nSPS) is 11.2. The summed E-state index contributed by atoms with van der Waals surface area (Å²) in [5, 5.41) is 0. The van der Waals surface area contributed by atoms with Crippen LogP contribution in [0.3, 0.4) is 0 Å². The second kappa shape index (κ2) is 3.96. The second-order valence-electron chi connectivity index (χ2n) is 4.11. The summed E-state index contributed by atoms with van der Waals surface area (Å²) in [5.41, 5.74) is 3.32. The Labute approximate surface area is 112 Å². The van der Waals surface area contributed by atoms with Gasteiger partial charge in [-0.15, -0.1) is 11.3 Å². The van der Waals surface area contributed by atoms with Gasteiger partial charge in [0.2, 0.25) is 0 Å². The number of nitrogens with one attached hydrogen (secondary N) is 1. The lowest BCUT2D eigenvalue weighted by Crippen LogP contribution is -1.76. The van der Waals surface area contributed by atoms with Crippen LogP contribution < -0.4 is 0 Å². The first-order chi connectivity index (χ1) is 8.13. The molecule has 0 spiro atoms. The molecule has 0 saturated heterocycles. The van der Waals surface area contributed by atoms with Gasteiger partial charge in [-0.25, -0.2) is 4.98 Å². The fourth-order valence-electron chi connectivity index (χ4n) is 1.93. The molecule has 1 aromatic carbocycles. The van der Waals surface area contributed by atoms with Crippen LogP contribution >= 0.6 is 27.3 Å². The first kappa shape index (κ1) is 11.0. The first-order valence-electron chi connectivity index (χ1n) is 5.36. The Balaban J connectivity index is 2.23. The Bertz CT molecular complexity index is 697. The van der Waals surface area contributed by atoms with Crippen molar-refractivity contribution in [3.8, 4) is 10.7 Å². The van der Waals surface area contributed by atoms with Gasteiger partial charge in [0.05, 0.1) is 15.9 Å². The number of nitrogens with zero attached hydrogens (tertiary/aromatic N) is 1. The predicted octanol–water partition coefficient (Wildman–Crippen LogP) is 4.67. The van der Waals surface area contributed by atoms with Gasteiger partial charge in [0.25, 0.3) is 0 Å². The quantitative estimate of drug-likeness (QED) is 0.695. The molecule has 1 N–H and O–H groups in total. The van der Waals surface area contributed by atoms with Crippen molar-refractivity contribution in [1.29, 1.82) is 0 Å². The van der Waals surface area contributed by atoms with Gasteiger partial charge in [-0.05, 0) is 43.7 Å². The molecule has 0 bridgehead atoms. The molecule has 2 aromatic heterocycles. The van der Waals surface area contributed by atoms with E-state index in [1.165, 1.54) is 15.3 Å². The molecule has 4 heteroatoms. The van der Waals surface area contributed by atoms with E-state index in [2.05, 4.69) is 64.0 Å². The SMILES string of the molecule is Cc1ccc(-c2nc3c(C)cc(Br)cc3[nH]2)s1. The standard InChI is InChI=1S/C13H11BrN2S/c1-7-5-9(14)6-10-12(7)16-13(15-10)11-4-3-8(2)17-11/h3-6H,1-2H3,(H,15,16). The van der Waals surface area contributed by atoms with E-state index < -0.39 is 0 Å². The number of hydrogen-bond acceptors (Lipinski definition) is 2. The molecule has 0 aliphatic heterocycles. The van der Waals surface area contributed by atoms with Crippen molar-refractivity contribution in [3.05, 3.63) is 39.2 Å². The number of rotatable bonds is 1. The number of aromatic amines is 1. The third-order valence-electron chi connectivity index (χ3n) is 2.72. The number of aromatic nitrogens is 2. The van der Waals surface area contributed by atoms with Crippen LogP contribution in [0.1, 0.15) is 10.4 Å². The fraction of sp³-hybridized carbons (Fsp3) is 0.154. The van der Waals surface area contributed by atoms with Crippen molar-refractivity contribution in [1.82, 2.24) is 9.97 Å². The minimum Gasteiger partial charge on any atom is -0.337 e. The number of hydrogen-bond donors (Lipinski definition) is 1. The zero-order valence-corrected chi connectivity index (χ0v) is 11.9. The van der Waals surface area contributed by atoms with Gasteiger partial charge >= 0.3 is 0 Å². The van der Waals surface area contributed by atoms with Crippen molar-refractivity contribution in [2.24, 2.45) is 0 Å². The number of halogens is 1. The average molecular weight is 307 g/mol. The lowest BCUT2D eigenvalue weighted by atomic mass is 10.2. The molecule has 3 aromatic rings. The summed E-state index contributed by atoms with van der Waals surface area (Å²) in [6.45, 7) is 4.19. The molecule has 0 atom stereocenters. The van der Waals surface area contributed by atoms with Crippen LogP contribution in [-0.4, -0.2) is 9.97 Å². The van der Waals surface area contributed by atoms with Crippen LogP contribution in [0.5, 0.6) is 0 Å². The summed E-state index contributed by atoms with van der Waals surface area (Å²) < 4.78 is 1.08. The fourth-order valence-corrected chi connectivity index (χ4v) is 3.31. The summed E-state index contributed by atoms with van der Waals surface area (Å²) in [4.78, 5) is 10.5. The average Bonchev–Trinajstić information content (AvgIpc) is 2.83. The lowest BCUT2D eigenvalue weighted by molar-refractivity contribution is 1.35.